The number of nitrogens with one attached hydrogen (secondary N) is 1. The van der Waals surface area contributed by atoms with Gasteiger partial charge in [-0.2, -0.15) is 0 Å². The summed E-state index contributed by atoms with van der Waals surface area (Å²) in [5.74, 6) is 0.0109. The summed E-state index contributed by atoms with van der Waals surface area (Å²) in [6.45, 7) is 4.81. The number of fused-ring (bicyclic) bond motifs is 2. The molecule has 130 valence electrons. The number of anilines is 1. The van der Waals surface area contributed by atoms with Crippen molar-refractivity contribution in [2.75, 3.05) is 5.32 Å². The maximum absolute atomic E-state index is 12.3. The highest BCUT2D eigenvalue weighted by Crippen LogP contribution is 2.29. The monoisotopic (exact) mass is 354 g/mol. The van der Waals surface area contributed by atoms with Crippen molar-refractivity contribution in [2.45, 2.75) is 52.5 Å². The molecule has 2 heterocycles. The lowest BCUT2D eigenvalue weighted by Crippen LogP contribution is -2.14. The van der Waals surface area contributed by atoms with Crippen LogP contribution in [0.25, 0.3) is 11.0 Å². The van der Waals surface area contributed by atoms with E-state index in [4.69, 9.17) is 0 Å². The lowest BCUT2D eigenvalue weighted by atomic mass is 10.0. The molecule has 1 aliphatic carbocycles. The minimum absolute atomic E-state index is 0.0109. The number of thiazole rings is 1. The van der Waals surface area contributed by atoms with E-state index in [1.165, 1.54) is 34.5 Å². The van der Waals surface area contributed by atoms with Crippen molar-refractivity contribution in [1.82, 2.24) is 14.5 Å². The first-order chi connectivity index (χ1) is 12.1. The Balaban J connectivity index is 1.42. The van der Waals surface area contributed by atoms with Crippen LogP contribution >= 0.6 is 11.3 Å². The van der Waals surface area contributed by atoms with E-state index in [0.717, 1.165) is 29.0 Å². The van der Waals surface area contributed by atoms with E-state index in [9.17, 15) is 4.79 Å². The van der Waals surface area contributed by atoms with Crippen LogP contribution in [0.4, 0.5) is 5.13 Å². The number of rotatable bonds is 4. The largest absolute Gasteiger partial charge is 0.330 e. The summed E-state index contributed by atoms with van der Waals surface area (Å²) in [7, 11) is 0. The lowest BCUT2D eigenvalue weighted by Gasteiger charge is -2.06. The van der Waals surface area contributed by atoms with Crippen LogP contribution in [0.5, 0.6) is 0 Å². The molecule has 0 radical (unpaired) electrons. The molecule has 0 aliphatic heterocycles. The first-order valence-electron chi connectivity index (χ1n) is 8.80. The van der Waals surface area contributed by atoms with E-state index < -0.39 is 0 Å². The molecule has 1 amide bonds. The van der Waals surface area contributed by atoms with Gasteiger partial charge in [-0.25, -0.2) is 9.97 Å². The number of benzene rings is 1. The molecule has 5 nitrogen and oxygen atoms in total. The first-order valence-corrected chi connectivity index (χ1v) is 9.62. The molecule has 1 N–H and O–H groups in total. The van der Waals surface area contributed by atoms with Crippen molar-refractivity contribution in [3.63, 3.8) is 0 Å². The minimum atomic E-state index is 0.0109. The van der Waals surface area contributed by atoms with Crippen molar-refractivity contribution in [1.29, 1.82) is 0 Å². The number of nitrogens with zero attached hydrogens (tertiary/aromatic N) is 3. The van der Waals surface area contributed by atoms with Gasteiger partial charge >= 0.3 is 0 Å². The van der Waals surface area contributed by atoms with Crippen LogP contribution in [0.1, 0.15) is 41.0 Å². The maximum Gasteiger partial charge on any atom is 0.227 e. The third-order valence-electron chi connectivity index (χ3n) is 4.91. The maximum atomic E-state index is 12.3. The Morgan fingerprint density at radius 1 is 1.24 bits per heavy atom. The molecule has 25 heavy (non-hydrogen) atoms. The number of carbonyl (C=O) groups is 1. The summed E-state index contributed by atoms with van der Waals surface area (Å²) in [4.78, 5) is 22.7. The van der Waals surface area contributed by atoms with Gasteiger partial charge in [-0.1, -0.05) is 0 Å². The number of hydrogen-bond acceptors (Lipinski definition) is 4. The highest BCUT2D eigenvalue weighted by atomic mass is 32.1. The second-order valence-electron chi connectivity index (χ2n) is 6.76. The number of aromatic nitrogens is 3. The predicted molar refractivity (Wildman–Crippen MR) is 101 cm³/mol. The SMILES string of the molecule is Cc1cc2ncn(CCC(=O)Nc3nc4c(s3)CCCC4)c2cc1C. The quantitative estimate of drug-likeness (QED) is 0.770. The van der Waals surface area contributed by atoms with Crippen molar-refractivity contribution in [3.8, 4) is 0 Å². The van der Waals surface area contributed by atoms with E-state index in [1.54, 1.807) is 11.3 Å². The molecule has 2 aromatic heterocycles. The molecule has 1 aliphatic rings. The number of hydrogen-bond donors (Lipinski definition) is 1. The molecule has 0 saturated heterocycles. The second-order valence-corrected chi connectivity index (χ2v) is 7.84. The molecule has 6 heteroatoms. The Bertz CT molecular complexity index is 917. The number of amides is 1. The molecule has 0 saturated carbocycles. The summed E-state index contributed by atoms with van der Waals surface area (Å²) in [5.41, 5.74) is 5.73. The average Bonchev–Trinajstić information content (AvgIpc) is 3.16. The fraction of sp³-hybridized carbons (Fsp3) is 0.421. The lowest BCUT2D eigenvalue weighted by molar-refractivity contribution is -0.116. The van der Waals surface area contributed by atoms with Gasteiger partial charge in [0.05, 0.1) is 23.1 Å². The Morgan fingerprint density at radius 3 is 2.88 bits per heavy atom. The molecule has 0 bridgehead atoms. The standard InChI is InChI=1S/C19H22N4OS/c1-12-9-15-16(10-13(12)2)23(11-20-15)8-7-18(24)22-19-21-14-5-3-4-6-17(14)25-19/h9-11H,3-8H2,1-2H3,(H,21,22,24). The van der Waals surface area contributed by atoms with Gasteiger partial charge in [0, 0.05) is 17.8 Å². The molecule has 0 spiro atoms. The molecule has 4 rings (SSSR count). The average molecular weight is 354 g/mol. The van der Waals surface area contributed by atoms with Crippen molar-refractivity contribution >= 4 is 33.4 Å². The van der Waals surface area contributed by atoms with E-state index in [0.29, 0.717) is 13.0 Å². The summed E-state index contributed by atoms with van der Waals surface area (Å²) >= 11 is 1.63. The Hall–Kier alpha value is -2.21. The molecular formula is C19H22N4OS. The summed E-state index contributed by atoms with van der Waals surface area (Å²) < 4.78 is 2.05. The first kappa shape index (κ1) is 16.3. The van der Waals surface area contributed by atoms with E-state index >= 15 is 0 Å². The smallest absolute Gasteiger partial charge is 0.227 e. The van der Waals surface area contributed by atoms with Gasteiger partial charge in [-0.15, -0.1) is 11.3 Å². The summed E-state index contributed by atoms with van der Waals surface area (Å²) in [5, 5.41) is 3.71. The van der Waals surface area contributed by atoms with E-state index in [1.807, 2.05) is 10.9 Å². The van der Waals surface area contributed by atoms with Gasteiger partial charge in [0.1, 0.15) is 0 Å². The van der Waals surface area contributed by atoms with Gasteiger partial charge in [0.15, 0.2) is 5.13 Å². The number of carbonyl (C=O) groups excluding carboxylic acids is 1. The molecule has 1 aromatic carbocycles. The molecule has 0 atom stereocenters. The van der Waals surface area contributed by atoms with Crippen LogP contribution in [0.15, 0.2) is 18.5 Å². The minimum Gasteiger partial charge on any atom is -0.330 e. The molecule has 0 unspecified atom stereocenters. The van der Waals surface area contributed by atoms with Crippen LogP contribution in [-0.2, 0) is 24.2 Å². The Morgan fingerprint density at radius 2 is 2.04 bits per heavy atom. The van der Waals surface area contributed by atoms with E-state index in [-0.39, 0.29) is 5.91 Å². The second kappa shape index (κ2) is 6.59. The van der Waals surface area contributed by atoms with Gasteiger partial charge in [-0.3, -0.25) is 4.79 Å². The van der Waals surface area contributed by atoms with Gasteiger partial charge in [0.2, 0.25) is 5.91 Å². The third-order valence-corrected chi connectivity index (χ3v) is 5.98. The topological polar surface area (TPSA) is 59.8 Å². The van der Waals surface area contributed by atoms with Crippen LogP contribution in [0.3, 0.4) is 0 Å². The zero-order chi connectivity index (χ0) is 17.4. The zero-order valence-corrected chi connectivity index (χ0v) is 15.4. The zero-order valence-electron chi connectivity index (χ0n) is 14.6. The summed E-state index contributed by atoms with van der Waals surface area (Å²) in [6, 6.07) is 4.24. The van der Waals surface area contributed by atoms with E-state index in [2.05, 4.69) is 41.3 Å². The van der Waals surface area contributed by atoms with Gasteiger partial charge in [-0.05, 0) is 62.8 Å². The fourth-order valence-electron chi connectivity index (χ4n) is 3.30. The normalized spacial score (nSPS) is 13.8. The fourth-order valence-corrected chi connectivity index (χ4v) is 4.37. The predicted octanol–water partition coefficient (Wildman–Crippen LogP) is 4.02. The van der Waals surface area contributed by atoms with Crippen molar-refractivity contribution < 1.29 is 4.79 Å². The van der Waals surface area contributed by atoms with Crippen LogP contribution in [-0.4, -0.2) is 20.4 Å². The van der Waals surface area contributed by atoms with Crippen molar-refractivity contribution in [3.05, 3.63) is 40.2 Å². The highest BCUT2D eigenvalue weighted by Gasteiger charge is 2.16. The summed E-state index contributed by atoms with van der Waals surface area (Å²) in [6.07, 6.45) is 6.82. The number of imidazole rings is 1. The van der Waals surface area contributed by atoms with Crippen LogP contribution in [0.2, 0.25) is 0 Å². The highest BCUT2D eigenvalue weighted by molar-refractivity contribution is 7.15. The molecule has 0 fully saturated rings. The van der Waals surface area contributed by atoms with Gasteiger partial charge in [0.25, 0.3) is 0 Å². The third kappa shape index (κ3) is 3.31. The Kier molecular flexibility index (Phi) is 4.29. The van der Waals surface area contributed by atoms with Crippen LogP contribution in [0, 0.1) is 13.8 Å². The van der Waals surface area contributed by atoms with Crippen LogP contribution < -0.4 is 5.32 Å². The number of aryl methyl sites for hydroxylation is 5. The van der Waals surface area contributed by atoms with Gasteiger partial charge < -0.3 is 9.88 Å². The molecule has 3 aromatic rings. The Labute approximate surface area is 151 Å². The molecular weight excluding hydrogens is 332 g/mol. The van der Waals surface area contributed by atoms with Crippen molar-refractivity contribution in [2.24, 2.45) is 0 Å².